The highest BCUT2D eigenvalue weighted by molar-refractivity contribution is 8.00. The van der Waals surface area contributed by atoms with Crippen molar-refractivity contribution in [1.82, 2.24) is 0 Å². The number of ether oxygens (including phenoxy) is 1. The van der Waals surface area contributed by atoms with Crippen molar-refractivity contribution in [2.75, 3.05) is 12.9 Å². The van der Waals surface area contributed by atoms with Gasteiger partial charge >= 0.3 is 11.9 Å². The van der Waals surface area contributed by atoms with Gasteiger partial charge < -0.3 is 9.84 Å². The van der Waals surface area contributed by atoms with Gasteiger partial charge in [0, 0.05) is 5.75 Å². The van der Waals surface area contributed by atoms with Crippen molar-refractivity contribution in [3.63, 3.8) is 0 Å². The van der Waals surface area contributed by atoms with E-state index in [0.717, 1.165) is 18.6 Å². The molecule has 1 fully saturated rings. The predicted octanol–water partition coefficient (Wildman–Crippen LogP) is 1.93. The highest BCUT2D eigenvalue weighted by Crippen LogP contribution is 2.51. The fourth-order valence-electron chi connectivity index (χ4n) is 1.57. The Hall–Kier alpha value is -0.710. The molecule has 1 saturated carbocycles. The van der Waals surface area contributed by atoms with Crippen LogP contribution in [0.2, 0.25) is 0 Å². The lowest BCUT2D eigenvalue weighted by atomic mass is 10.1. The number of carboxylic acid groups (broad SMARTS) is 1. The zero-order valence-corrected chi connectivity index (χ0v) is 10.5. The number of rotatable bonds is 7. The second-order valence-electron chi connectivity index (χ2n) is 4.30. The third-order valence-corrected chi connectivity index (χ3v) is 4.66. The Bertz CT molecular complexity index is 273. The Balaban J connectivity index is 2.36. The maximum absolute atomic E-state index is 11.2. The summed E-state index contributed by atoms with van der Waals surface area (Å²) >= 11 is 1.44. The van der Waals surface area contributed by atoms with Crippen LogP contribution in [0.15, 0.2) is 0 Å². The number of esters is 1. The molecular formula is C11H18O4S. The van der Waals surface area contributed by atoms with Gasteiger partial charge in [0.05, 0.1) is 13.5 Å². The zero-order chi connectivity index (χ0) is 12.2. The minimum Gasteiger partial charge on any atom is -0.480 e. The van der Waals surface area contributed by atoms with Crippen LogP contribution < -0.4 is 0 Å². The van der Waals surface area contributed by atoms with Crippen LogP contribution in [0, 0.1) is 5.41 Å². The third kappa shape index (κ3) is 3.70. The van der Waals surface area contributed by atoms with Crippen LogP contribution in [0.3, 0.4) is 0 Å². The number of hydrogen-bond donors (Lipinski definition) is 1. The van der Waals surface area contributed by atoms with E-state index in [-0.39, 0.29) is 16.6 Å². The van der Waals surface area contributed by atoms with Gasteiger partial charge in [-0.3, -0.25) is 9.59 Å². The summed E-state index contributed by atoms with van der Waals surface area (Å²) in [7, 11) is 1.39. The number of aliphatic carboxylic acids is 1. The van der Waals surface area contributed by atoms with E-state index < -0.39 is 5.97 Å². The van der Waals surface area contributed by atoms with Gasteiger partial charge in [0.2, 0.25) is 0 Å². The SMILES string of the molecule is CCC(SCC1(CC(=O)OC)CC1)C(=O)O. The third-order valence-electron chi connectivity index (χ3n) is 2.94. The molecule has 1 unspecified atom stereocenters. The molecule has 0 radical (unpaired) electrons. The largest absolute Gasteiger partial charge is 0.480 e. The molecule has 0 spiro atoms. The van der Waals surface area contributed by atoms with Crippen molar-refractivity contribution < 1.29 is 19.4 Å². The molecule has 1 rings (SSSR count). The molecule has 0 aliphatic heterocycles. The van der Waals surface area contributed by atoms with Crippen LogP contribution in [0.1, 0.15) is 32.6 Å². The van der Waals surface area contributed by atoms with E-state index in [1.165, 1.54) is 18.9 Å². The molecule has 0 aromatic rings. The van der Waals surface area contributed by atoms with Gasteiger partial charge in [0.1, 0.15) is 5.25 Å². The Kier molecular flexibility index (Phi) is 4.65. The van der Waals surface area contributed by atoms with Crippen molar-refractivity contribution in [1.29, 1.82) is 0 Å². The monoisotopic (exact) mass is 246 g/mol. The summed E-state index contributed by atoms with van der Waals surface area (Å²) in [4.78, 5) is 22.0. The average molecular weight is 246 g/mol. The van der Waals surface area contributed by atoms with E-state index in [2.05, 4.69) is 4.74 Å². The Morgan fingerprint density at radius 3 is 2.50 bits per heavy atom. The number of carboxylic acids is 1. The lowest BCUT2D eigenvalue weighted by molar-refractivity contribution is -0.141. The molecule has 0 bridgehead atoms. The first kappa shape index (κ1) is 13.4. The Morgan fingerprint density at radius 1 is 1.50 bits per heavy atom. The highest BCUT2D eigenvalue weighted by atomic mass is 32.2. The summed E-state index contributed by atoms with van der Waals surface area (Å²) in [5, 5.41) is 8.55. The van der Waals surface area contributed by atoms with Gasteiger partial charge in [0.25, 0.3) is 0 Å². The van der Waals surface area contributed by atoms with Gasteiger partial charge in [-0.2, -0.15) is 0 Å². The van der Waals surface area contributed by atoms with Crippen LogP contribution >= 0.6 is 11.8 Å². The number of thioether (sulfide) groups is 1. The first-order valence-corrected chi connectivity index (χ1v) is 6.49. The summed E-state index contributed by atoms with van der Waals surface area (Å²) in [5.41, 5.74) is 0.0145. The Morgan fingerprint density at radius 2 is 2.12 bits per heavy atom. The standard InChI is InChI=1S/C11H18O4S/c1-3-8(10(13)14)16-7-11(4-5-11)6-9(12)15-2/h8H,3-7H2,1-2H3,(H,13,14). The Labute approximate surface area is 99.7 Å². The normalized spacial score (nSPS) is 18.9. The predicted molar refractivity (Wildman–Crippen MR) is 62.5 cm³/mol. The molecule has 0 aromatic heterocycles. The molecule has 0 aromatic carbocycles. The molecule has 16 heavy (non-hydrogen) atoms. The topological polar surface area (TPSA) is 63.6 Å². The summed E-state index contributed by atoms with van der Waals surface area (Å²) in [5.74, 6) is -0.213. The van der Waals surface area contributed by atoms with Crippen LogP contribution in [0.4, 0.5) is 0 Å². The highest BCUT2D eigenvalue weighted by Gasteiger charge is 2.45. The fourth-order valence-corrected chi connectivity index (χ4v) is 2.89. The van der Waals surface area contributed by atoms with Gasteiger partial charge in [-0.25, -0.2) is 0 Å². The molecule has 1 aliphatic carbocycles. The first-order chi connectivity index (χ1) is 7.53. The molecule has 1 atom stereocenters. The molecule has 0 amide bonds. The minimum absolute atomic E-state index is 0.0145. The van der Waals surface area contributed by atoms with E-state index in [4.69, 9.17) is 5.11 Å². The van der Waals surface area contributed by atoms with E-state index >= 15 is 0 Å². The van der Waals surface area contributed by atoms with Crippen LogP contribution in [-0.4, -0.2) is 35.2 Å². The molecule has 92 valence electrons. The van der Waals surface area contributed by atoms with Crippen molar-refractivity contribution in [2.45, 2.75) is 37.9 Å². The van der Waals surface area contributed by atoms with Crippen LogP contribution in [0.5, 0.6) is 0 Å². The zero-order valence-electron chi connectivity index (χ0n) is 9.69. The summed E-state index contributed by atoms with van der Waals surface area (Å²) < 4.78 is 4.64. The maximum Gasteiger partial charge on any atom is 0.316 e. The maximum atomic E-state index is 11.2. The van der Waals surface area contributed by atoms with Crippen LogP contribution in [0.25, 0.3) is 0 Å². The van der Waals surface area contributed by atoms with E-state index in [1.54, 1.807) is 0 Å². The van der Waals surface area contributed by atoms with Crippen molar-refractivity contribution in [2.24, 2.45) is 5.41 Å². The van der Waals surface area contributed by atoms with E-state index in [9.17, 15) is 9.59 Å². The minimum atomic E-state index is -0.763. The number of carbonyl (C=O) groups is 2. The fraction of sp³-hybridized carbons (Fsp3) is 0.818. The lowest BCUT2D eigenvalue weighted by Gasteiger charge is -2.16. The average Bonchev–Trinajstić information content (AvgIpc) is 2.98. The number of carbonyl (C=O) groups excluding carboxylic acids is 1. The quantitative estimate of drug-likeness (QED) is 0.695. The molecule has 1 aliphatic rings. The van der Waals surface area contributed by atoms with Gasteiger partial charge in [-0.15, -0.1) is 11.8 Å². The molecular weight excluding hydrogens is 228 g/mol. The number of methoxy groups -OCH3 is 1. The van der Waals surface area contributed by atoms with E-state index in [0.29, 0.717) is 12.8 Å². The van der Waals surface area contributed by atoms with Gasteiger partial charge in [-0.1, -0.05) is 6.92 Å². The lowest BCUT2D eigenvalue weighted by Crippen LogP contribution is -2.19. The molecule has 4 nitrogen and oxygen atoms in total. The van der Waals surface area contributed by atoms with Gasteiger partial charge in [0.15, 0.2) is 0 Å². The van der Waals surface area contributed by atoms with Crippen molar-refractivity contribution in [3.05, 3.63) is 0 Å². The summed E-state index contributed by atoms with van der Waals surface area (Å²) in [6.45, 7) is 1.87. The van der Waals surface area contributed by atoms with Gasteiger partial charge in [-0.05, 0) is 24.7 Å². The molecule has 0 heterocycles. The first-order valence-electron chi connectivity index (χ1n) is 5.44. The molecule has 1 N–H and O–H groups in total. The second-order valence-corrected chi connectivity index (χ2v) is 5.49. The summed E-state index contributed by atoms with van der Waals surface area (Å²) in [6, 6.07) is 0. The van der Waals surface area contributed by atoms with E-state index in [1.807, 2.05) is 6.92 Å². The second kappa shape index (κ2) is 5.57. The molecule has 0 saturated heterocycles. The van der Waals surface area contributed by atoms with Crippen molar-refractivity contribution >= 4 is 23.7 Å². The van der Waals surface area contributed by atoms with Crippen LogP contribution in [-0.2, 0) is 14.3 Å². The smallest absolute Gasteiger partial charge is 0.316 e. The van der Waals surface area contributed by atoms with Crippen molar-refractivity contribution in [3.8, 4) is 0 Å². The number of hydrogen-bond acceptors (Lipinski definition) is 4. The molecule has 5 heteroatoms. The summed E-state index contributed by atoms with van der Waals surface area (Å²) in [6.07, 6.45) is 3.05.